The van der Waals surface area contributed by atoms with Crippen molar-refractivity contribution in [2.24, 2.45) is 0 Å². The molecule has 1 aliphatic rings. The molecule has 2 nitrogen and oxygen atoms in total. The van der Waals surface area contributed by atoms with Crippen LogP contribution in [0.1, 0.15) is 18.9 Å². The maximum Gasteiger partial charge on any atom is 0.143 e. The minimum atomic E-state index is 0.559. The second kappa shape index (κ2) is 5.53. The van der Waals surface area contributed by atoms with Gasteiger partial charge in [0, 0.05) is 21.5 Å². The summed E-state index contributed by atoms with van der Waals surface area (Å²) in [6.45, 7) is 4.40. The van der Waals surface area contributed by atoms with Gasteiger partial charge < -0.3 is 10.1 Å². The Morgan fingerprint density at radius 3 is 2.82 bits per heavy atom. The zero-order valence-corrected chi connectivity index (χ0v) is 12.8. The van der Waals surface area contributed by atoms with Crippen LogP contribution in [0.5, 0.6) is 5.75 Å². The molecular weight excluding hydrogens is 298 g/mol. The Kier molecular flexibility index (Phi) is 4.26. The predicted octanol–water partition coefficient (Wildman–Crippen LogP) is 4.07. The van der Waals surface area contributed by atoms with E-state index in [2.05, 4.69) is 41.2 Å². The Hall–Kier alpha value is -0.350. The van der Waals surface area contributed by atoms with E-state index in [1.54, 1.807) is 7.11 Å². The summed E-state index contributed by atoms with van der Waals surface area (Å²) in [5, 5.41) is 4.38. The summed E-state index contributed by atoms with van der Waals surface area (Å²) in [5.41, 5.74) is 2.36. The fourth-order valence-corrected chi connectivity index (χ4v) is 3.88. The van der Waals surface area contributed by atoms with E-state index < -0.39 is 0 Å². The fourth-order valence-electron chi connectivity index (χ4n) is 2.18. The highest BCUT2D eigenvalue weighted by molar-refractivity contribution is 9.10. The maximum absolute atomic E-state index is 5.44. The Morgan fingerprint density at radius 1 is 1.47 bits per heavy atom. The SMILES string of the molecule is COc1cc(Br)cc(C)c1NC1CSC(C)C1. The second-order valence-corrected chi connectivity index (χ2v) is 6.91. The topological polar surface area (TPSA) is 21.3 Å². The van der Waals surface area contributed by atoms with Gasteiger partial charge >= 0.3 is 0 Å². The third-order valence-corrected chi connectivity index (χ3v) is 4.85. The number of aryl methyl sites for hydroxylation is 1. The molecule has 17 heavy (non-hydrogen) atoms. The van der Waals surface area contributed by atoms with Crippen LogP contribution in [0.25, 0.3) is 0 Å². The van der Waals surface area contributed by atoms with Crippen molar-refractivity contribution in [1.82, 2.24) is 0 Å². The quantitative estimate of drug-likeness (QED) is 0.908. The lowest BCUT2D eigenvalue weighted by atomic mass is 10.1. The van der Waals surface area contributed by atoms with Crippen LogP contribution < -0.4 is 10.1 Å². The van der Waals surface area contributed by atoms with Crippen LogP contribution in [0.15, 0.2) is 16.6 Å². The van der Waals surface area contributed by atoms with E-state index in [-0.39, 0.29) is 0 Å². The van der Waals surface area contributed by atoms with Crippen LogP contribution >= 0.6 is 27.7 Å². The van der Waals surface area contributed by atoms with Crippen molar-refractivity contribution >= 4 is 33.4 Å². The molecule has 0 aliphatic carbocycles. The van der Waals surface area contributed by atoms with Crippen LogP contribution in [-0.2, 0) is 0 Å². The number of rotatable bonds is 3. The lowest BCUT2D eigenvalue weighted by molar-refractivity contribution is 0.415. The van der Waals surface area contributed by atoms with E-state index in [4.69, 9.17) is 4.74 Å². The van der Waals surface area contributed by atoms with Crippen molar-refractivity contribution in [2.75, 3.05) is 18.2 Å². The van der Waals surface area contributed by atoms with Gasteiger partial charge in [0.2, 0.25) is 0 Å². The molecule has 0 radical (unpaired) electrons. The third-order valence-electron chi connectivity index (χ3n) is 3.03. The van der Waals surface area contributed by atoms with Gasteiger partial charge in [0.05, 0.1) is 12.8 Å². The van der Waals surface area contributed by atoms with Gasteiger partial charge in [-0.2, -0.15) is 11.8 Å². The lowest BCUT2D eigenvalue weighted by Gasteiger charge is -2.18. The highest BCUT2D eigenvalue weighted by Crippen LogP contribution is 2.35. The van der Waals surface area contributed by atoms with Crippen molar-refractivity contribution in [3.63, 3.8) is 0 Å². The van der Waals surface area contributed by atoms with Gasteiger partial charge in [-0.25, -0.2) is 0 Å². The molecule has 2 rings (SSSR count). The van der Waals surface area contributed by atoms with E-state index in [1.807, 2.05) is 17.8 Å². The molecule has 1 fully saturated rings. The molecule has 1 aliphatic heterocycles. The molecule has 1 aromatic rings. The van der Waals surface area contributed by atoms with E-state index >= 15 is 0 Å². The first-order valence-electron chi connectivity index (χ1n) is 5.82. The molecule has 2 atom stereocenters. The molecule has 0 bridgehead atoms. The molecule has 1 saturated heterocycles. The summed E-state index contributed by atoms with van der Waals surface area (Å²) >= 11 is 5.53. The molecule has 94 valence electrons. The Bertz CT molecular complexity index is 411. The average Bonchev–Trinajstić information content (AvgIpc) is 2.67. The summed E-state index contributed by atoms with van der Waals surface area (Å²) in [7, 11) is 1.72. The molecule has 2 unspecified atom stereocenters. The van der Waals surface area contributed by atoms with Gasteiger partial charge in [-0.3, -0.25) is 0 Å². The third kappa shape index (κ3) is 3.10. The van der Waals surface area contributed by atoms with Crippen molar-refractivity contribution in [3.05, 3.63) is 22.2 Å². The van der Waals surface area contributed by atoms with Crippen LogP contribution in [0.2, 0.25) is 0 Å². The summed E-state index contributed by atoms with van der Waals surface area (Å²) in [6.07, 6.45) is 1.23. The van der Waals surface area contributed by atoms with Gasteiger partial charge in [0.1, 0.15) is 5.75 Å². The normalized spacial score (nSPS) is 23.8. The van der Waals surface area contributed by atoms with Crippen molar-refractivity contribution in [1.29, 1.82) is 0 Å². The monoisotopic (exact) mass is 315 g/mol. The number of anilines is 1. The molecule has 0 aromatic heterocycles. The van der Waals surface area contributed by atoms with Gasteiger partial charge in [-0.1, -0.05) is 22.9 Å². The first-order chi connectivity index (χ1) is 8.10. The molecule has 0 amide bonds. The second-order valence-electron chi connectivity index (χ2n) is 4.52. The minimum absolute atomic E-state index is 0.559. The van der Waals surface area contributed by atoms with Crippen molar-refractivity contribution in [2.45, 2.75) is 31.6 Å². The highest BCUT2D eigenvalue weighted by Gasteiger charge is 2.23. The highest BCUT2D eigenvalue weighted by atomic mass is 79.9. The van der Waals surface area contributed by atoms with Gasteiger partial charge in [0.25, 0.3) is 0 Å². The molecule has 1 N–H and O–H groups in total. The Balaban J connectivity index is 2.19. The van der Waals surface area contributed by atoms with Crippen LogP contribution in [-0.4, -0.2) is 24.2 Å². The number of benzene rings is 1. The van der Waals surface area contributed by atoms with E-state index in [0.717, 1.165) is 21.2 Å². The van der Waals surface area contributed by atoms with Crippen LogP contribution in [0.3, 0.4) is 0 Å². The van der Waals surface area contributed by atoms with Gasteiger partial charge in [-0.15, -0.1) is 0 Å². The smallest absolute Gasteiger partial charge is 0.143 e. The zero-order valence-electron chi connectivity index (χ0n) is 10.4. The molecule has 0 spiro atoms. The number of methoxy groups -OCH3 is 1. The molecule has 4 heteroatoms. The standard InChI is InChI=1S/C13H18BrNOS/c1-8-4-10(14)6-12(16-3)13(8)15-11-5-9(2)17-7-11/h4,6,9,11,15H,5,7H2,1-3H3. The molecular formula is C13H18BrNOS. The van der Waals surface area contributed by atoms with Crippen molar-refractivity contribution in [3.8, 4) is 5.75 Å². The van der Waals surface area contributed by atoms with E-state index in [1.165, 1.54) is 17.7 Å². The van der Waals surface area contributed by atoms with Crippen molar-refractivity contribution < 1.29 is 4.74 Å². The maximum atomic E-state index is 5.44. The summed E-state index contributed by atoms with van der Waals surface area (Å²) < 4.78 is 6.51. The van der Waals surface area contributed by atoms with Crippen LogP contribution in [0, 0.1) is 6.92 Å². The lowest BCUT2D eigenvalue weighted by Crippen LogP contribution is -2.20. The predicted molar refractivity (Wildman–Crippen MR) is 79.4 cm³/mol. The Morgan fingerprint density at radius 2 is 2.24 bits per heavy atom. The average molecular weight is 316 g/mol. The first-order valence-corrected chi connectivity index (χ1v) is 7.66. The number of hydrogen-bond donors (Lipinski definition) is 1. The van der Waals surface area contributed by atoms with E-state index in [0.29, 0.717) is 6.04 Å². The fraction of sp³-hybridized carbons (Fsp3) is 0.538. The number of ether oxygens (including phenoxy) is 1. The van der Waals surface area contributed by atoms with E-state index in [9.17, 15) is 0 Å². The number of nitrogens with one attached hydrogen (secondary N) is 1. The minimum Gasteiger partial charge on any atom is -0.495 e. The summed E-state index contributed by atoms with van der Waals surface area (Å²) in [6, 6.07) is 4.70. The number of hydrogen-bond acceptors (Lipinski definition) is 3. The molecule has 1 aromatic carbocycles. The Labute approximate surface area is 116 Å². The van der Waals surface area contributed by atoms with Gasteiger partial charge in [-0.05, 0) is 31.0 Å². The van der Waals surface area contributed by atoms with Crippen LogP contribution in [0.4, 0.5) is 5.69 Å². The molecule has 1 heterocycles. The largest absolute Gasteiger partial charge is 0.495 e. The number of halogens is 1. The zero-order chi connectivity index (χ0) is 12.4. The first kappa shape index (κ1) is 13.1. The van der Waals surface area contributed by atoms with Gasteiger partial charge in [0.15, 0.2) is 0 Å². The molecule has 0 saturated carbocycles. The summed E-state index contributed by atoms with van der Waals surface area (Å²) in [5.74, 6) is 2.10. The number of thioether (sulfide) groups is 1. The summed E-state index contributed by atoms with van der Waals surface area (Å²) in [4.78, 5) is 0.